The Kier molecular flexibility index (Phi) is 0.757. The van der Waals surface area contributed by atoms with Gasteiger partial charge >= 0.3 is 0 Å². The average molecular weight is 141 g/mol. The van der Waals surface area contributed by atoms with Gasteiger partial charge in [-0.15, -0.1) is 0 Å². The predicted octanol–water partition coefficient (Wildman–Crippen LogP) is -0.918. The summed E-state index contributed by atoms with van der Waals surface area (Å²) in [6.45, 7) is 6.16. The topological polar surface area (TPSA) is 9.49 Å². The van der Waals surface area contributed by atoms with Gasteiger partial charge in [0, 0.05) is 0 Å². The fourth-order valence-corrected chi connectivity index (χ4v) is 2.34. The molecule has 3 unspecified atom stereocenters. The lowest BCUT2D eigenvalue weighted by Crippen LogP contribution is -2.50. The molecule has 3 aliphatic rings. The average Bonchev–Trinajstić information content (AvgIpc) is 2.33. The third kappa shape index (κ3) is 0.509. The third-order valence-corrected chi connectivity index (χ3v) is 2.71. The molecule has 3 saturated heterocycles. The normalized spacial score (nSPS) is 58.5. The second-order valence-electron chi connectivity index (χ2n) is 3.84. The molecule has 0 aromatic carbocycles. The minimum absolute atomic E-state index is 1.16. The van der Waals surface area contributed by atoms with Crippen molar-refractivity contribution in [1.82, 2.24) is 14.8 Å². The Bertz CT molecular complexity index is 181. The highest BCUT2D eigenvalue weighted by molar-refractivity contribution is 4.69. The van der Waals surface area contributed by atoms with Gasteiger partial charge in [-0.1, -0.05) is 5.01 Å². The highest BCUT2D eigenvalue weighted by Gasteiger charge is 2.62. The van der Waals surface area contributed by atoms with Crippen LogP contribution in [0, 0.1) is 0 Å². The molecule has 2 bridgehead atoms. The zero-order chi connectivity index (χ0) is 6.77. The van der Waals surface area contributed by atoms with Crippen molar-refractivity contribution in [3.05, 3.63) is 0 Å². The summed E-state index contributed by atoms with van der Waals surface area (Å²) in [5.74, 6) is 0. The van der Waals surface area contributed by atoms with Crippen LogP contribution < -0.4 is 0 Å². The highest BCUT2D eigenvalue weighted by atomic mass is 16.0. The van der Waals surface area contributed by atoms with Gasteiger partial charge in [-0.05, 0) is 7.05 Å². The molecule has 3 aliphatic heterocycles. The van der Waals surface area contributed by atoms with Crippen LogP contribution in [0.15, 0.2) is 0 Å². The van der Waals surface area contributed by atoms with Crippen molar-refractivity contribution in [2.45, 2.75) is 0 Å². The zero-order valence-corrected chi connectivity index (χ0v) is 6.32. The van der Waals surface area contributed by atoms with Crippen LogP contribution in [-0.2, 0) is 0 Å². The van der Waals surface area contributed by atoms with Gasteiger partial charge in [0.2, 0.25) is 0 Å². The van der Waals surface area contributed by atoms with Gasteiger partial charge in [0.25, 0.3) is 0 Å². The largest absolute Gasteiger partial charge is 0.245 e. The molecule has 4 nitrogen and oxygen atoms in total. The fourth-order valence-electron chi connectivity index (χ4n) is 2.34. The van der Waals surface area contributed by atoms with Gasteiger partial charge in [0.15, 0.2) is 20.0 Å². The summed E-state index contributed by atoms with van der Waals surface area (Å²) in [5.41, 5.74) is 0. The Balaban J connectivity index is 1.91. The first-order chi connectivity index (χ1) is 4.78. The first-order valence-corrected chi connectivity index (χ1v) is 3.81. The van der Waals surface area contributed by atoms with E-state index in [9.17, 15) is 0 Å². The summed E-state index contributed by atoms with van der Waals surface area (Å²) in [5, 5.41) is 2.52. The van der Waals surface area contributed by atoms with Gasteiger partial charge in [-0.3, -0.25) is 0 Å². The molecule has 3 fully saturated rings. The number of hydrogen-bond acceptors (Lipinski definition) is 3. The van der Waals surface area contributed by atoms with Gasteiger partial charge < -0.3 is 0 Å². The standard InChI is InChI=1S/C6H13N4/c1-7-2-8-3-9-6-10(9,4-7)5-8/h2-6H2,1H3/q+1. The van der Waals surface area contributed by atoms with E-state index in [1.807, 2.05) is 0 Å². The van der Waals surface area contributed by atoms with Crippen LogP contribution in [-0.4, -0.2) is 59.8 Å². The van der Waals surface area contributed by atoms with Gasteiger partial charge in [0.05, 0.1) is 6.67 Å². The van der Waals surface area contributed by atoms with Crippen molar-refractivity contribution in [2.75, 3.05) is 40.4 Å². The molecule has 0 aromatic rings. The molecular formula is C6H13N4+. The van der Waals surface area contributed by atoms with Crippen molar-refractivity contribution in [3.63, 3.8) is 0 Å². The van der Waals surface area contributed by atoms with Crippen LogP contribution in [0.25, 0.3) is 0 Å². The van der Waals surface area contributed by atoms with Crippen LogP contribution in [0.4, 0.5) is 0 Å². The third-order valence-electron chi connectivity index (χ3n) is 2.71. The molecule has 0 aliphatic carbocycles. The van der Waals surface area contributed by atoms with E-state index in [0.29, 0.717) is 0 Å². The van der Waals surface area contributed by atoms with E-state index < -0.39 is 0 Å². The summed E-state index contributed by atoms with van der Waals surface area (Å²) < 4.78 is 1.23. The molecule has 1 spiro atoms. The molecule has 4 heteroatoms. The van der Waals surface area contributed by atoms with Crippen molar-refractivity contribution >= 4 is 0 Å². The molecule has 56 valence electrons. The fraction of sp³-hybridized carbons (Fsp3) is 1.00. The van der Waals surface area contributed by atoms with Crippen LogP contribution >= 0.6 is 0 Å². The molecule has 0 amide bonds. The quantitative estimate of drug-likeness (QED) is 0.319. The second kappa shape index (κ2) is 1.38. The van der Waals surface area contributed by atoms with Gasteiger partial charge in [-0.25, -0.2) is 9.80 Å². The minimum Gasteiger partial charge on any atom is -0.245 e. The van der Waals surface area contributed by atoms with E-state index in [0.717, 1.165) is 6.67 Å². The summed E-state index contributed by atoms with van der Waals surface area (Å²) in [6, 6.07) is 0. The van der Waals surface area contributed by atoms with E-state index in [1.165, 1.54) is 31.3 Å². The van der Waals surface area contributed by atoms with Crippen molar-refractivity contribution in [2.24, 2.45) is 0 Å². The highest BCUT2D eigenvalue weighted by Crippen LogP contribution is 2.38. The smallest absolute Gasteiger partial charge is 0.199 e. The van der Waals surface area contributed by atoms with Crippen LogP contribution in [0.5, 0.6) is 0 Å². The molecule has 3 heterocycles. The Labute approximate surface area is 60.8 Å². The minimum atomic E-state index is 1.16. The zero-order valence-electron chi connectivity index (χ0n) is 6.32. The van der Waals surface area contributed by atoms with Crippen molar-refractivity contribution in [3.8, 4) is 0 Å². The van der Waals surface area contributed by atoms with E-state index >= 15 is 0 Å². The number of nitrogens with zero attached hydrogens (tertiary/aromatic N) is 4. The monoisotopic (exact) mass is 141 g/mol. The van der Waals surface area contributed by atoms with E-state index in [1.54, 1.807) is 0 Å². The molecule has 3 atom stereocenters. The number of rotatable bonds is 0. The molecule has 10 heavy (non-hydrogen) atoms. The maximum atomic E-state index is 2.52. The predicted molar refractivity (Wildman–Crippen MR) is 36.0 cm³/mol. The lowest BCUT2D eigenvalue weighted by atomic mass is 10.6. The van der Waals surface area contributed by atoms with Crippen molar-refractivity contribution < 1.29 is 4.59 Å². The Morgan fingerprint density at radius 3 is 2.80 bits per heavy atom. The Hall–Kier alpha value is -0.160. The molecule has 0 saturated carbocycles. The summed E-state index contributed by atoms with van der Waals surface area (Å²) in [7, 11) is 2.20. The van der Waals surface area contributed by atoms with Crippen molar-refractivity contribution in [1.29, 1.82) is 0 Å². The lowest BCUT2D eigenvalue weighted by Gasteiger charge is -2.30. The number of fused-ring (bicyclic) bond motifs is 1. The molecule has 0 radical (unpaired) electrons. The van der Waals surface area contributed by atoms with E-state index in [4.69, 9.17) is 0 Å². The Morgan fingerprint density at radius 2 is 2.00 bits per heavy atom. The van der Waals surface area contributed by atoms with E-state index in [-0.39, 0.29) is 0 Å². The molecule has 3 rings (SSSR count). The first-order valence-electron chi connectivity index (χ1n) is 3.81. The second-order valence-corrected chi connectivity index (χ2v) is 3.84. The van der Waals surface area contributed by atoms with Gasteiger partial charge in [0.1, 0.15) is 6.67 Å². The van der Waals surface area contributed by atoms with Gasteiger partial charge in [-0.2, -0.15) is 4.59 Å². The SMILES string of the molecule is CN1CN2CN3C[N+]3(C1)C2. The first kappa shape index (κ1) is 5.49. The van der Waals surface area contributed by atoms with Crippen LogP contribution in [0.3, 0.4) is 0 Å². The van der Waals surface area contributed by atoms with Crippen LogP contribution in [0.2, 0.25) is 0 Å². The number of hydrogen-bond donors (Lipinski definition) is 0. The van der Waals surface area contributed by atoms with Crippen LogP contribution in [0.1, 0.15) is 0 Å². The summed E-state index contributed by atoms with van der Waals surface area (Å²) in [6.07, 6.45) is 0. The molecular weight excluding hydrogens is 128 g/mol. The number of quaternary nitrogens is 1. The lowest BCUT2D eigenvalue weighted by molar-refractivity contribution is -0.876. The Morgan fingerprint density at radius 1 is 1.10 bits per heavy atom. The maximum absolute atomic E-state index is 2.52. The summed E-state index contributed by atoms with van der Waals surface area (Å²) >= 11 is 0. The molecule has 0 N–H and O–H groups in total. The summed E-state index contributed by atoms with van der Waals surface area (Å²) in [4.78, 5) is 4.89. The maximum Gasteiger partial charge on any atom is 0.199 e. The molecule has 0 aromatic heterocycles. The van der Waals surface area contributed by atoms with E-state index in [2.05, 4.69) is 21.9 Å².